The third kappa shape index (κ3) is 6.29. The van der Waals surface area contributed by atoms with Crippen LogP contribution >= 0.6 is 0 Å². The standard InChI is InChI=1S/C28H32FN3O5/c1-16(2)24(27(36)23(29)26(35)20(30)15-22(33)34)31-28(37)25-19(14-13-17-9-5-4-6-10-17)18-11-7-8-12-21(18)32(25)3/h4-12,16,20,23-24H,13-15,30H2,1-3H3,(H,31,37)(H,33,34)/t20?,23?,24-/m0/s1. The van der Waals surface area contributed by atoms with Gasteiger partial charge in [-0.05, 0) is 36.0 Å². The first-order valence-electron chi connectivity index (χ1n) is 12.1. The zero-order valence-corrected chi connectivity index (χ0v) is 21.1. The van der Waals surface area contributed by atoms with Crippen molar-refractivity contribution >= 4 is 34.3 Å². The number of hydrogen-bond acceptors (Lipinski definition) is 5. The van der Waals surface area contributed by atoms with Gasteiger partial charge in [0.05, 0.1) is 18.5 Å². The van der Waals surface area contributed by atoms with Crippen molar-refractivity contribution in [2.45, 2.75) is 51.4 Å². The van der Waals surface area contributed by atoms with Gasteiger partial charge in [-0.3, -0.25) is 19.2 Å². The molecule has 3 rings (SSSR count). The summed E-state index contributed by atoms with van der Waals surface area (Å²) in [5, 5.41) is 12.4. The van der Waals surface area contributed by atoms with Crippen molar-refractivity contribution in [3.8, 4) is 0 Å². The highest BCUT2D eigenvalue weighted by Gasteiger charge is 2.38. The lowest BCUT2D eigenvalue weighted by Gasteiger charge is -2.23. The molecule has 3 atom stereocenters. The molecule has 2 unspecified atom stereocenters. The largest absolute Gasteiger partial charge is 0.481 e. The van der Waals surface area contributed by atoms with Gasteiger partial charge in [-0.25, -0.2) is 4.39 Å². The number of aryl methyl sites for hydroxylation is 3. The first-order valence-corrected chi connectivity index (χ1v) is 12.1. The zero-order chi connectivity index (χ0) is 27.3. The Kier molecular flexibility index (Phi) is 8.94. The van der Waals surface area contributed by atoms with E-state index in [9.17, 15) is 23.6 Å². The van der Waals surface area contributed by atoms with Gasteiger partial charge in [0.25, 0.3) is 5.91 Å². The molecule has 37 heavy (non-hydrogen) atoms. The molecular formula is C28H32FN3O5. The number of halogens is 1. The van der Waals surface area contributed by atoms with Gasteiger partial charge in [0.1, 0.15) is 5.69 Å². The monoisotopic (exact) mass is 509 g/mol. The van der Waals surface area contributed by atoms with Crippen LogP contribution in [0.3, 0.4) is 0 Å². The Bertz CT molecular complexity index is 1300. The van der Waals surface area contributed by atoms with Crippen molar-refractivity contribution in [2.75, 3.05) is 0 Å². The summed E-state index contributed by atoms with van der Waals surface area (Å²) in [5.41, 5.74) is 8.56. The van der Waals surface area contributed by atoms with Crippen molar-refractivity contribution in [3.05, 3.63) is 71.4 Å². The number of para-hydroxylation sites is 1. The predicted molar refractivity (Wildman–Crippen MR) is 138 cm³/mol. The summed E-state index contributed by atoms with van der Waals surface area (Å²) in [6.45, 7) is 3.24. The van der Waals surface area contributed by atoms with Gasteiger partial charge in [0, 0.05) is 18.0 Å². The number of hydrogen-bond donors (Lipinski definition) is 3. The number of nitrogens with zero attached hydrogens (tertiary/aromatic N) is 1. The number of fused-ring (bicyclic) bond motifs is 1. The van der Waals surface area contributed by atoms with Crippen molar-refractivity contribution in [1.29, 1.82) is 0 Å². The fraction of sp³-hybridized carbons (Fsp3) is 0.357. The fourth-order valence-electron chi connectivity index (χ4n) is 4.48. The van der Waals surface area contributed by atoms with E-state index in [0.717, 1.165) is 22.0 Å². The van der Waals surface area contributed by atoms with Crippen LogP contribution in [0.25, 0.3) is 10.9 Å². The number of amides is 1. The zero-order valence-electron chi connectivity index (χ0n) is 21.1. The van der Waals surface area contributed by atoms with Gasteiger partial charge in [-0.15, -0.1) is 0 Å². The van der Waals surface area contributed by atoms with Gasteiger partial charge in [0.15, 0.2) is 11.6 Å². The summed E-state index contributed by atoms with van der Waals surface area (Å²) < 4.78 is 16.6. The molecule has 8 nitrogen and oxygen atoms in total. The third-order valence-electron chi connectivity index (χ3n) is 6.45. The molecular weight excluding hydrogens is 477 g/mol. The van der Waals surface area contributed by atoms with Crippen LogP contribution in [0.5, 0.6) is 0 Å². The number of carboxylic acid groups (broad SMARTS) is 1. The van der Waals surface area contributed by atoms with Gasteiger partial charge < -0.3 is 20.7 Å². The lowest BCUT2D eigenvalue weighted by Crippen LogP contribution is -2.52. The average Bonchev–Trinajstić information content (AvgIpc) is 3.16. The average molecular weight is 510 g/mol. The predicted octanol–water partition coefficient (Wildman–Crippen LogP) is 3.00. The first kappa shape index (κ1) is 27.7. The number of carbonyl (C=O) groups is 4. The number of aromatic nitrogens is 1. The van der Waals surface area contributed by atoms with Crippen LogP contribution in [-0.4, -0.2) is 51.4 Å². The molecule has 1 heterocycles. The second-order valence-electron chi connectivity index (χ2n) is 9.46. The highest BCUT2D eigenvalue weighted by Crippen LogP contribution is 2.27. The number of rotatable bonds is 12. The Morgan fingerprint density at radius 1 is 0.973 bits per heavy atom. The molecule has 0 aliphatic carbocycles. The van der Waals surface area contributed by atoms with E-state index in [4.69, 9.17) is 10.8 Å². The summed E-state index contributed by atoms with van der Waals surface area (Å²) in [4.78, 5) is 49.6. The van der Waals surface area contributed by atoms with Gasteiger partial charge >= 0.3 is 5.97 Å². The summed E-state index contributed by atoms with van der Waals surface area (Å²) >= 11 is 0. The molecule has 0 aliphatic heterocycles. The van der Waals surface area contributed by atoms with E-state index in [-0.39, 0.29) is 0 Å². The van der Waals surface area contributed by atoms with E-state index >= 15 is 0 Å². The summed E-state index contributed by atoms with van der Waals surface area (Å²) in [6.07, 6.45) is -2.20. The molecule has 0 bridgehead atoms. The molecule has 0 saturated heterocycles. The molecule has 0 spiro atoms. The molecule has 9 heteroatoms. The van der Waals surface area contributed by atoms with E-state index < -0.39 is 54.0 Å². The minimum absolute atomic E-state index is 0.347. The Morgan fingerprint density at radius 2 is 1.59 bits per heavy atom. The summed E-state index contributed by atoms with van der Waals surface area (Å²) in [7, 11) is 1.75. The van der Waals surface area contributed by atoms with Crippen molar-refractivity contribution in [1.82, 2.24) is 9.88 Å². The molecule has 0 radical (unpaired) electrons. The van der Waals surface area contributed by atoms with Crippen LogP contribution in [0.2, 0.25) is 0 Å². The van der Waals surface area contributed by atoms with E-state index in [1.807, 2.05) is 54.6 Å². The summed E-state index contributed by atoms with van der Waals surface area (Å²) in [6, 6.07) is 14.4. The SMILES string of the molecule is CC(C)[C@H](NC(=O)c1c(CCc2ccccc2)c2ccccc2n1C)C(=O)C(F)C(=O)C(N)CC(=O)O. The maximum absolute atomic E-state index is 14.9. The Morgan fingerprint density at radius 3 is 2.22 bits per heavy atom. The second kappa shape index (κ2) is 11.9. The first-order chi connectivity index (χ1) is 17.5. The normalized spacial score (nSPS) is 13.8. The molecule has 3 aromatic rings. The lowest BCUT2D eigenvalue weighted by molar-refractivity contribution is -0.142. The Labute approximate surface area is 214 Å². The minimum Gasteiger partial charge on any atom is -0.481 e. The molecule has 196 valence electrons. The summed E-state index contributed by atoms with van der Waals surface area (Å²) in [5.74, 6) is -4.96. The van der Waals surface area contributed by atoms with Crippen LogP contribution < -0.4 is 11.1 Å². The molecule has 0 fully saturated rings. The molecule has 0 saturated carbocycles. The van der Waals surface area contributed by atoms with Crippen LogP contribution in [-0.2, 0) is 34.3 Å². The number of nitrogens with one attached hydrogen (secondary N) is 1. The van der Waals surface area contributed by atoms with Crippen LogP contribution in [0.15, 0.2) is 54.6 Å². The maximum Gasteiger partial charge on any atom is 0.305 e. The number of ketones is 2. The number of carbonyl (C=O) groups excluding carboxylic acids is 3. The lowest BCUT2D eigenvalue weighted by atomic mass is 9.92. The van der Waals surface area contributed by atoms with Gasteiger partial charge in [0.2, 0.25) is 6.17 Å². The Balaban J connectivity index is 1.90. The van der Waals surface area contributed by atoms with Crippen LogP contribution in [0, 0.1) is 5.92 Å². The van der Waals surface area contributed by atoms with Crippen LogP contribution in [0.4, 0.5) is 4.39 Å². The van der Waals surface area contributed by atoms with E-state index in [2.05, 4.69) is 5.32 Å². The highest BCUT2D eigenvalue weighted by atomic mass is 19.1. The molecule has 0 aliphatic rings. The Hall–Kier alpha value is -3.85. The number of carboxylic acids is 1. The number of nitrogens with two attached hydrogens (primary N) is 1. The van der Waals surface area contributed by atoms with E-state index in [1.54, 1.807) is 25.5 Å². The molecule has 1 aromatic heterocycles. The van der Waals surface area contributed by atoms with Crippen LogP contribution in [0.1, 0.15) is 41.9 Å². The van der Waals surface area contributed by atoms with Gasteiger partial charge in [-0.1, -0.05) is 62.4 Å². The van der Waals surface area contributed by atoms with E-state index in [0.29, 0.717) is 18.5 Å². The topological polar surface area (TPSA) is 131 Å². The fourth-order valence-corrected chi connectivity index (χ4v) is 4.48. The number of Topliss-reactive ketones (excluding diaryl/α,β-unsaturated/α-hetero) is 2. The van der Waals surface area contributed by atoms with Crippen molar-refractivity contribution in [2.24, 2.45) is 18.7 Å². The number of aliphatic carboxylic acids is 1. The maximum atomic E-state index is 14.9. The molecule has 4 N–H and O–H groups in total. The number of alkyl halides is 1. The molecule has 1 amide bonds. The minimum atomic E-state index is -2.65. The number of benzene rings is 2. The quantitative estimate of drug-likeness (QED) is 0.322. The highest BCUT2D eigenvalue weighted by molar-refractivity contribution is 6.11. The van der Waals surface area contributed by atoms with Gasteiger partial charge in [-0.2, -0.15) is 0 Å². The van der Waals surface area contributed by atoms with Crippen molar-refractivity contribution in [3.63, 3.8) is 0 Å². The molecule has 2 aromatic carbocycles. The second-order valence-corrected chi connectivity index (χ2v) is 9.46. The third-order valence-corrected chi connectivity index (χ3v) is 6.45. The van der Waals surface area contributed by atoms with Crippen molar-refractivity contribution < 1.29 is 28.7 Å². The smallest absolute Gasteiger partial charge is 0.305 e. The van der Waals surface area contributed by atoms with E-state index in [1.165, 1.54) is 0 Å².